The van der Waals surface area contributed by atoms with Crippen LogP contribution in [0, 0.1) is 0 Å². The third kappa shape index (κ3) is 9.24. The number of benzene rings is 3. The number of unbranched alkanes of at least 4 members (excludes halogenated alkanes) is 1. The molecule has 0 aliphatic heterocycles. The summed E-state index contributed by atoms with van der Waals surface area (Å²) >= 11 is 0. The molecule has 0 saturated carbocycles. The van der Waals surface area contributed by atoms with Crippen LogP contribution in [0.4, 0.5) is 5.69 Å². The second-order valence-electron chi connectivity index (χ2n) is 9.62. The predicted octanol–water partition coefficient (Wildman–Crippen LogP) is 4.98. The van der Waals surface area contributed by atoms with Gasteiger partial charge in [-0.15, -0.1) is 0 Å². The summed E-state index contributed by atoms with van der Waals surface area (Å²) in [5.74, 6) is 1.08. The number of hydrogen-bond donors (Lipinski definition) is 1. The van der Waals surface area contributed by atoms with E-state index in [-0.39, 0.29) is 12.5 Å². The van der Waals surface area contributed by atoms with Crippen LogP contribution in [0.15, 0.2) is 78.9 Å². The van der Waals surface area contributed by atoms with Gasteiger partial charge in [-0.3, -0.25) is 13.9 Å². The summed E-state index contributed by atoms with van der Waals surface area (Å²) in [5.41, 5.74) is 1.10. The van der Waals surface area contributed by atoms with E-state index < -0.39 is 28.5 Å². The summed E-state index contributed by atoms with van der Waals surface area (Å²) in [6.45, 7) is 4.03. The normalized spacial score (nSPS) is 11.8. The number of nitrogens with zero attached hydrogens (tertiary/aromatic N) is 2. The third-order valence-electron chi connectivity index (χ3n) is 6.51. The van der Waals surface area contributed by atoms with E-state index in [1.54, 1.807) is 43.5 Å². The van der Waals surface area contributed by atoms with Crippen LogP contribution in [-0.2, 0) is 26.2 Å². The largest absolute Gasteiger partial charge is 0.497 e. The van der Waals surface area contributed by atoms with Gasteiger partial charge in [0.05, 0.1) is 19.1 Å². The summed E-state index contributed by atoms with van der Waals surface area (Å²) < 4.78 is 37.8. The van der Waals surface area contributed by atoms with Gasteiger partial charge in [0.2, 0.25) is 21.8 Å². The van der Waals surface area contributed by atoms with Crippen LogP contribution in [0.1, 0.15) is 38.7 Å². The minimum atomic E-state index is -3.84. The molecule has 0 aliphatic carbocycles. The van der Waals surface area contributed by atoms with Crippen molar-refractivity contribution in [3.05, 3.63) is 84.4 Å². The van der Waals surface area contributed by atoms with Crippen molar-refractivity contribution >= 4 is 27.5 Å². The van der Waals surface area contributed by atoms with Crippen molar-refractivity contribution in [3.8, 4) is 17.2 Å². The molecule has 0 aliphatic rings. The maximum absolute atomic E-state index is 13.8. The Morgan fingerprint density at radius 3 is 2.05 bits per heavy atom. The third-order valence-corrected chi connectivity index (χ3v) is 7.65. The molecule has 41 heavy (non-hydrogen) atoms. The molecule has 0 aromatic heterocycles. The van der Waals surface area contributed by atoms with Crippen molar-refractivity contribution in [2.45, 2.75) is 45.7 Å². The number of carbonyl (C=O) groups is 2. The number of carbonyl (C=O) groups excluding carboxylic acids is 2. The highest BCUT2D eigenvalue weighted by Gasteiger charge is 2.31. The Hall–Kier alpha value is -4.05. The molecule has 1 atom stereocenters. The molecule has 3 rings (SSSR count). The van der Waals surface area contributed by atoms with Crippen molar-refractivity contribution in [2.24, 2.45) is 0 Å². The van der Waals surface area contributed by atoms with Gasteiger partial charge in [0, 0.05) is 13.1 Å². The van der Waals surface area contributed by atoms with Gasteiger partial charge in [-0.2, -0.15) is 0 Å². The minimum Gasteiger partial charge on any atom is -0.497 e. The average Bonchev–Trinajstić information content (AvgIpc) is 2.96. The molecule has 3 aromatic carbocycles. The topological polar surface area (TPSA) is 105 Å². The second kappa shape index (κ2) is 15.1. The fourth-order valence-corrected chi connectivity index (χ4v) is 5.12. The lowest BCUT2D eigenvalue weighted by atomic mass is 10.1. The second-order valence-corrected chi connectivity index (χ2v) is 11.5. The molecule has 0 spiro atoms. The number of nitrogens with one attached hydrogen (secondary N) is 1. The lowest BCUT2D eigenvalue weighted by Gasteiger charge is -2.33. The number of ether oxygens (including phenoxy) is 2. The molecule has 0 fully saturated rings. The molecule has 0 unspecified atom stereocenters. The molecule has 10 heteroatoms. The van der Waals surface area contributed by atoms with Crippen LogP contribution < -0.4 is 19.1 Å². The summed E-state index contributed by atoms with van der Waals surface area (Å²) in [7, 11) is -2.27. The highest BCUT2D eigenvalue weighted by atomic mass is 32.2. The van der Waals surface area contributed by atoms with E-state index in [9.17, 15) is 18.0 Å². The number of anilines is 1. The first-order valence-electron chi connectivity index (χ1n) is 13.7. The molecule has 0 saturated heterocycles. The fourth-order valence-electron chi connectivity index (χ4n) is 4.27. The molecule has 0 heterocycles. The highest BCUT2D eigenvalue weighted by Crippen LogP contribution is 2.26. The van der Waals surface area contributed by atoms with Crippen LogP contribution in [0.5, 0.6) is 17.2 Å². The van der Waals surface area contributed by atoms with E-state index in [2.05, 4.69) is 5.32 Å². The van der Waals surface area contributed by atoms with Crippen molar-refractivity contribution in [3.63, 3.8) is 0 Å². The number of methoxy groups -OCH3 is 1. The molecule has 220 valence electrons. The summed E-state index contributed by atoms with van der Waals surface area (Å²) in [5, 5.41) is 2.92. The summed E-state index contributed by atoms with van der Waals surface area (Å²) in [6, 6.07) is 22.1. The number of hydrogen-bond acceptors (Lipinski definition) is 6. The maximum atomic E-state index is 13.8. The lowest BCUT2D eigenvalue weighted by Crippen LogP contribution is -2.52. The molecular weight excluding hydrogens is 542 g/mol. The zero-order valence-corrected chi connectivity index (χ0v) is 24.9. The number of sulfonamides is 1. The van der Waals surface area contributed by atoms with E-state index in [1.165, 1.54) is 4.90 Å². The van der Waals surface area contributed by atoms with E-state index in [0.717, 1.165) is 29.0 Å². The Bertz CT molecular complexity index is 1360. The molecule has 2 amide bonds. The Balaban J connectivity index is 1.87. The summed E-state index contributed by atoms with van der Waals surface area (Å²) in [4.78, 5) is 28.4. The van der Waals surface area contributed by atoms with Gasteiger partial charge in [-0.05, 0) is 66.9 Å². The fraction of sp³-hybridized carbons (Fsp3) is 0.355. The number of rotatable bonds is 15. The van der Waals surface area contributed by atoms with Crippen LogP contribution in [0.25, 0.3) is 0 Å². The van der Waals surface area contributed by atoms with E-state index in [1.807, 2.05) is 56.3 Å². The van der Waals surface area contributed by atoms with Crippen molar-refractivity contribution < 1.29 is 27.5 Å². The lowest BCUT2D eigenvalue weighted by molar-refractivity contribution is -0.140. The predicted molar refractivity (Wildman–Crippen MR) is 161 cm³/mol. The molecule has 1 N–H and O–H groups in total. The average molecular weight is 582 g/mol. The van der Waals surface area contributed by atoms with Gasteiger partial charge in [0.1, 0.15) is 29.8 Å². The zero-order valence-electron chi connectivity index (χ0n) is 24.1. The first kappa shape index (κ1) is 31.5. The first-order valence-corrected chi connectivity index (χ1v) is 15.5. The Morgan fingerprint density at radius 2 is 1.49 bits per heavy atom. The Labute approximate surface area is 243 Å². The minimum absolute atomic E-state index is 0.129. The molecule has 9 nitrogen and oxygen atoms in total. The van der Waals surface area contributed by atoms with Gasteiger partial charge in [-0.25, -0.2) is 8.42 Å². The van der Waals surface area contributed by atoms with Crippen LogP contribution in [0.3, 0.4) is 0 Å². The summed E-state index contributed by atoms with van der Waals surface area (Å²) in [6.07, 6.45) is 3.16. The maximum Gasteiger partial charge on any atom is 0.244 e. The number of para-hydroxylation sites is 1. The van der Waals surface area contributed by atoms with Crippen molar-refractivity contribution in [1.29, 1.82) is 0 Å². The van der Waals surface area contributed by atoms with Gasteiger partial charge in [0.25, 0.3) is 0 Å². The quantitative estimate of drug-likeness (QED) is 0.254. The van der Waals surface area contributed by atoms with Gasteiger partial charge < -0.3 is 19.7 Å². The van der Waals surface area contributed by atoms with Crippen LogP contribution in [-0.4, -0.2) is 57.6 Å². The van der Waals surface area contributed by atoms with E-state index >= 15 is 0 Å². The van der Waals surface area contributed by atoms with Crippen LogP contribution in [0.2, 0.25) is 0 Å². The number of amides is 2. The van der Waals surface area contributed by atoms with Gasteiger partial charge in [0.15, 0.2) is 0 Å². The highest BCUT2D eigenvalue weighted by molar-refractivity contribution is 7.92. The van der Waals surface area contributed by atoms with Crippen molar-refractivity contribution in [1.82, 2.24) is 10.2 Å². The molecule has 0 radical (unpaired) electrons. The van der Waals surface area contributed by atoms with Gasteiger partial charge >= 0.3 is 0 Å². The zero-order chi connectivity index (χ0) is 29.8. The van der Waals surface area contributed by atoms with E-state index in [0.29, 0.717) is 35.9 Å². The Morgan fingerprint density at radius 1 is 0.878 bits per heavy atom. The molecule has 3 aromatic rings. The monoisotopic (exact) mass is 581 g/mol. The van der Waals surface area contributed by atoms with Crippen LogP contribution >= 0.6 is 0 Å². The molecular formula is C31H39N3O6S. The smallest absolute Gasteiger partial charge is 0.244 e. The SMILES string of the molecule is CCCCNC(=O)[C@H](CC)N(Cc1ccc(OC)cc1)C(=O)CN(c1ccc(Oc2ccccc2)cc1)S(C)(=O)=O. The van der Waals surface area contributed by atoms with Gasteiger partial charge in [-0.1, -0.05) is 50.6 Å². The first-order chi connectivity index (χ1) is 19.7. The molecule has 0 bridgehead atoms. The van der Waals surface area contributed by atoms with Crippen molar-refractivity contribution in [2.75, 3.05) is 30.8 Å². The van der Waals surface area contributed by atoms with E-state index in [4.69, 9.17) is 9.47 Å². The Kier molecular flexibility index (Phi) is 11.6. The standard InChI is InChI=1S/C31H39N3O6S/c1-5-7-21-32-31(36)29(6-2)33(22-24-13-17-26(39-3)18-14-24)30(35)23-34(41(4,37)38)25-15-19-28(20-16-25)40-27-11-9-8-10-12-27/h8-20,29H,5-7,21-23H2,1-4H3,(H,32,36)/t29-/m0/s1.